The van der Waals surface area contributed by atoms with Crippen molar-refractivity contribution in [2.24, 2.45) is 0 Å². The number of rotatable bonds is 4. The maximum absolute atomic E-state index is 10.5. The third-order valence-electron chi connectivity index (χ3n) is 3.06. The predicted molar refractivity (Wildman–Crippen MR) is 75.0 cm³/mol. The Balaban J connectivity index is 2.06. The fourth-order valence-electron chi connectivity index (χ4n) is 2.31. The van der Waals surface area contributed by atoms with E-state index in [1.165, 1.54) is 11.8 Å². The summed E-state index contributed by atoms with van der Waals surface area (Å²) in [5.74, 6) is -0.687. The second-order valence-corrected chi connectivity index (χ2v) is 6.33. The molecule has 0 aromatic heterocycles. The number of ether oxygens (including phenoxy) is 4. The van der Waals surface area contributed by atoms with E-state index in [1.54, 1.807) is 0 Å². The van der Waals surface area contributed by atoms with Crippen LogP contribution in [0.25, 0.3) is 0 Å². The molecule has 2 fully saturated rings. The van der Waals surface area contributed by atoms with Gasteiger partial charge in [0, 0.05) is 6.42 Å². The van der Waals surface area contributed by atoms with Crippen LogP contribution in [0.1, 0.15) is 26.7 Å². The van der Waals surface area contributed by atoms with Crippen molar-refractivity contribution in [1.82, 2.24) is 0 Å². The molecule has 0 radical (unpaired) electrons. The second kappa shape index (κ2) is 6.05. The van der Waals surface area contributed by atoms with E-state index in [2.05, 4.69) is 0 Å². The van der Waals surface area contributed by atoms with Gasteiger partial charge in [0.05, 0.1) is 0 Å². The van der Waals surface area contributed by atoms with Crippen LogP contribution in [0.5, 0.6) is 0 Å². The largest absolute Gasteiger partial charge is 0.469 e. The molecule has 2 aliphatic rings. The molecule has 108 valence electrons. The Morgan fingerprint density at radius 3 is 2.84 bits per heavy atom. The fraction of sp³-hybridized carbons (Fsp3) is 0.833. The maximum atomic E-state index is 10.5. The smallest absolute Gasteiger partial charge is 0.220 e. The monoisotopic (exact) mass is 306 g/mol. The highest BCUT2D eigenvalue weighted by molar-refractivity contribution is 8.22. The Bertz CT molecular complexity index is 360. The zero-order valence-corrected chi connectivity index (χ0v) is 12.8. The molecule has 0 aromatic carbocycles. The molecule has 19 heavy (non-hydrogen) atoms. The number of thiocarbonyl (C=S) groups is 1. The average molecular weight is 306 g/mol. The lowest BCUT2D eigenvalue weighted by atomic mass is 10.1. The van der Waals surface area contributed by atoms with Crippen LogP contribution in [0.3, 0.4) is 0 Å². The van der Waals surface area contributed by atoms with Crippen LogP contribution in [0.4, 0.5) is 0 Å². The van der Waals surface area contributed by atoms with Gasteiger partial charge in [0.25, 0.3) is 0 Å². The molecule has 7 heteroatoms. The number of fused-ring (bicyclic) bond motifs is 1. The summed E-state index contributed by atoms with van der Waals surface area (Å²) in [7, 11) is 0. The first-order valence-electron chi connectivity index (χ1n) is 6.16. The van der Waals surface area contributed by atoms with Crippen LogP contribution in [0, 0.1) is 0 Å². The van der Waals surface area contributed by atoms with E-state index in [0.717, 1.165) is 6.29 Å². The zero-order valence-electron chi connectivity index (χ0n) is 11.2. The Kier molecular flexibility index (Phi) is 4.84. The molecule has 4 atom stereocenters. The Morgan fingerprint density at radius 2 is 2.21 bits per heavy atom. The van der Waals surface area contributed by atoms with Crippen LogP contribution in [-0.4, -0.2) is 47.3 Å². The maximum Gasteiger partial charge on any atom is 0.220 e. The van der Waals surface area contributed by atoms with Crippen LogP contribution >= 0.6 is 24.0 Å². The summed E-state index contributed by atoms with van der Waals surface area (Å²) in [6, 6.07) is 0. The number of carbonyl (C=O) groups is 1. The molecule has 0 saturated carbocycles. The van der Waals surface area contributed by atoms with Gasteiger partial charge in [0.1, 0.15) is 12.4 Å². The van der Waals surface area contributed by atoms with Gasteiger partial charge < -0.3 is 23.7 Å². The molecule has 0 amide bonds. The summed E-state index contributed by atoms with van der Waals surface area (Å²) < 4.78 is 23.4. The number of hydrogen-bond donors (Lipinski definition) is 0. The molecule has 2 saturated heterocycles. The van der Waals surface area contributed by atoms with Crippen molar-refractivity contribution in [2.45, 2.75) is 57.1 Å². The van der Waals surface area contributed by atoms with Crippen molar-refractivity contribution in [2.75, 3.05) is 6.26 Å². The SMILES string of the molecule is CSC(=S)O[C@@H]1[C@H]2OC(C)(C)O[C@H]2O[C@@H]1CCC=O. The molecule has 0 bridgehead atoms. The van der Waals surface area contributed by atoms with Crippen LogP contribution < -0.4 is 0 Å². The first kappa shape index (κ1) is 15.2. The van der Waals surface area contributed by atoms with Crippen molar-refractivity contribution in [3.63, 3.8) is 0 Å². The summed E-state index contributed by atoms with van der Waals surface area (Å²) in [4.78, 5) is 10.5. The minimum atomic E-state index is -0.687. The first-order valence-corrected chi connectivity index (χ1v) is 7.79. The molecule has 2 rings (SSSR count). The summed E-state index contributed by atoms with van der Waals surface area (Å²) in [5, 5.41) is 0. The zero-order chi connectivity index (χ0) is 14.0. The minimum absolute atomic E-state index is 0.235. The quantitative estimate of drug-likeness (QED) is 0.580. The van der Waals surface area contributed by atoms with Gasteiger partial charge in [-0.2, -0.15) is 0 Å². The number of aldehydes is 1. The molecule has 0 spiro atoms. The summed E-state index contributed by atoms with van der Waals surface area (Å²) in [5.41, 5.74) is 0. The molecule has 0 aliphatic carbocycles. The standard InChI is InChI=1S/C12H18O5S2/c1-12(2)16-9-8(15-11(18)19-3)7(5-4-6-13)14-10(9)17-12/h6-10H,4-5H2,1-3H3/t7-,8+,9-,10-/m1/s1. The lowest BCUT2D eigenvalue weighted by Gasteiger charge is -2.25. The van der Waals surface area contributed by atoms with Crippen LogP contribution in [0.2, 0.25) is 0 Å². The van der Waals surface area contributed by atoms with Crippen molar-refractivity contribution in [3.05, 3.63) is 0 Å². The lowest BCUT2D eigenvalue weighted by Crippen LogP contribution is -2.37. The molecule has 0 unspecified atom stereocenters. The van der Waals surface area contributed by atoms with Gasteiger partial charge in [-0.3, -0.25) is 0 Å². The van der Waals surface area contributed by atoms with Gasteiger partial charge in [0.15, 0.2) is 24.3 Å². The van der Waals surface area contributed by atoms with Crippen LogP contribution in [-0.2, 0) is 23.7 Å². The van der Waals surface area contributed by atoms with Crippen molar-refractivity contribution < 1.29 is 23.7 Å². The van der Waals surface area contributed by atoms with E-state index >= 15 is 0 Å². The van der Waals surface area contributed by atoms with Crippen molar-refractivity contribution >= 4 is 34.6 Å². The van der Waals surface area contributed by atoms with Crippen molar-refractivity contribution in [3.8, 4) is 0 Å². The highest BCUT2D eigenvalue weighted by Crippen LogP contribution is 2.40. The number of hydrogen-bond acceptors (Lipinski definition) is 7. The molecular formula is C12H18O5S2. The topological polar surface area (TPSA) is 54.0 Å². The van der Waals surface area contributed by atoms with Crippen molar-refractivity contribution in [1.29, 1.82) is 0 Å². The van der Waals surface area contributed by atoms with E-state index < -0.39 is 12.1 Å². The van der Waals surface area contributed by atoms with Gasteiger partial charge in [-0.15, -0.1) is 0 Å². The van der Waals surface area contributed by atoms with Gasteiger partial charge in [-0.1, -0.05) is 11.8 Å². The Labute approximate surface area is 122 Å². The average Bonchev–Trinajstić information content (AvgIpc) is 2.80. The highest BCUT2D eigenvalue weighted by atomic mass is 32.2. The fourth-order valence-corrected chi connectivity index (χ4v) is 2.63. The first-order chi connectivity index (χ1) is 8.96. The van der Waals surface area contributed by atoms with Gasteiger partial charge in [-0.25, -0.2) is 0 Å². The molecule has 5 nitrogen and oxygen atoms in total. The summed E-state index contributed by atoms with van der Waals surface area (Å²) in [6.07, 6.45) is 2.38. The van der Waals surface area contributed by atoms with E-state index in [-0.39, 0.29) is 18.3 Å². The summed E-state index contributed by atoms with van der Waals surface area (Å²) >= 11 is 6.45. The molecule has 0 aromatic rings. The minimum Gasteiger partial charge on any atom is -0.469 e. The van der Waals surface area contributed by atoms with E-state index in [0.29, 0.717) is 17.2 Å². The van der Waals surface area contributed by atoms with E-state index in [1.807, 2.05) is 20.1 Å². The highest BCUT2D eigenvalue weighted by Gasteiger charge is 2.55. The predicted octanol–water partition coefficient (Wildman–Crippen LogP) is 1.87. The summed E-state index contributed by atoms with van der Waals surface area (Å²) in [6.45, 7) is 3.66. The third kappa shape index (κ3) is 3.46. The number of thioether (sulfide) groups is 1. The molecular weight excluding hydrogens is 288 g/mol. The second-order valence-electron chi connectivity index (χ2n) is 4.92. The normalized spacial score (nSPS) is 35.9. The van der Waals surface area contributed by atoms with Gasteiger partial charge >= 0.3 is 0 Å². The lowest BCUT2D eigenvalue weighted by molar-refractivity contribution is -0.214. The third-order valence-corrected chi connectivity index (χ3v) is 4.08. The number of carbonyl (C=O) groups excluding carboxylic acids is 1. The Hall–Kier alpha value is -0.210. The van der Waals surface area contributed by atoms with Gasteiger partial charge in [-0.05, 0) is 38.7 Å². The molecule has 2 aliphatic heterocycles. The molecule has 0 N–H and O–H groups in total. The Morgan fingerprint density at radius 1 is 1.47 bits per heavy atom. The van der Waals surface area contributed by atoms with E-state index in [4.69, 9.17) is 31.2 Å². The van der Waals surface area contributed by atoms with Crippen LogP contribution in [0.15, 0.2) is 0 Å². The molecule has 2 heterocycles. The van der Waals surface area contributed by atoms with E-state index in [9.17, 15) is 4.79 Å². The van der Waals surface area contributed by atoms with Gasteiger partial charge in [0.2, 0.25) is 4.38 Å².